The summed E-state index contributed by atoms with van der Waals surface area (Å²) in [7, 11) is 0. The maximum atomic E-state index is 10.00. The average Bonchev–Trinajstić information content (AvgIpc) is 2.14. The first-order valence-electron chi connectivity index (χ1n) is 2.12. The molecule has 8 heavy (non-hydrogen) atoms. The van der Waals surface area contributed by atoms with Crippen LogP contribution in [-0.4, -0.2) is 11.3 Å². The van der Waals surface area contributed by atoms with Crippen molar-refractivity contribution in [2.24, 2.45) is 0 Å². The average molecular weight is 221 g/mol. The number of nitrogens with one attached hydrogen (secondary N) is 1. The van der Waals surface area contributed by atoms with Gasteiger partial charge in [0.1, 0.15) is 0 Å². The van der Waals surface area contributed by atoms with Crippen molar-refractivity contribution in [1.29, 1.82) is 0 Å². The van der Waals surface area contributed by atoms with Crippen LogP contribution in [0.15, 0.2) is 12.3 Å². The number of halogens is 1. The van der Waals surface area contributed by atoms with Gasteiger partial charge in [-0.1, -0.05) is 0 Å². The highest BCUT2D eigenvalue weighted by molar-refractivity contribution is 14.1. The second kappa shape index (κ2) is 2.30. The SMILES string of the molecule is O=Cc1c[nH]c(I)c1. The molecule has 1 rings (SSSR count). The third-order valence-electron chi connectivity index (χ3n) is 0.806. The molecule has 0 unspecified atom stereocenters. The minimum atomic E-state index is 0.703. The zero-order valence-electron chi connectivity index (χ0n) is 4.02. The molecule has 0 atom stereocenters. The van der Waals surface area contributed by atoms with Gasteiger partial charge in [0, 0.05) is 11.8 Å². The first-order chi connectivity index (χ1) is 3.83. The van der Waals surface area contributed by atoms with Gasteiger partial charge in [-0.3, -0.25) is 4.79 Å². The van der Waals surface area contributed by atoms with Gasteiger partial charge in [-0.05, 0) is 28.7 Å². The van der Waals surface area contributed by atoms with E-state index >= 15 is 0 Å². The molecule has 0 saturated carbocycles. The van der Waals surface area contributed by atoms with Crippen LogP contribution in [0.3, 0.4) is 0 Å². The Balaban J connectivity index is 3.00. The summed E-state index contributed by atoms with van der Waals surface area (Å²) in [6.07, 6.45) is 2.49. The van der Waals surface area contributed by atoms with Crippen molar-refractivity contribution in [2.45, 2.75) is 0 Å². The van der Waals surface area contributed by atoms with Gasteiger partial charge in [0.05, 0.1) is 3.70 Å². The second-order valence-electron chi connectivity index (χ2n) is 1.40. The van der Waals surface area contributed by atoms with E-state index in [0.717, 1.165) is 9.99 Å². The molecule has 1 heterocycles. The van der Waals surface area contributed by atoms with E-state index in [0.29, 0.717) is 5.56 Å². The Morgan fingerprint density at radius 2 is 2.50 bits per heavy atom. The highest BCUT2D eigenvalue weighted by atomic mass is 127. The van der Waals surface area contributed by atoms with Gasteiger partial charge >= 0.3 is 0 Å². The van der Waals surface area contributed by atoms with Crippen LogP contribution in [0.25, 0.3) is 0 Å². The fourth-order valence-corrected chi connectivity index (χ4v) is 0.965. The molecule has 0 aromatic carbocycles. The zero-order chi connectivity index (χ0) is 5.98. The first kappa shape index (κ1) is 5.81. The number of hydrogen-bond acceptors (Lipinski definition) is 1. The summed E-state index contributed by atoms with van der Waals surface area (Å²) in [5.74, 6) is 0. The summed E-state index contributed by atoms with van der Waals surface area (Å²) in [4.78, 5) is 12.9. The fraction of sp³-hybridized carbons (Fsp3) is 0. The molecule has 1 aromatic heterocycles. The second-order valence-corrected chi connectivity index (χ2v) is 2.56. The largest absolute Gasteiger partial charge is 0.356 e. The molecular formula is C5H4INO. The van der Waals surface area contributed by atoms with Crippen molar-refractivity contribution in [3.63, 3.8) is 0 Å². The van der Waals surface area contributed by atoms with Gasteiger partial charge in [0.25, 0.3) is 0 Å². The maximum Gasteiger partial charge on any atom is 0.151 e. The molecule has 0 radical (unpaired) electrons. The molecule has 42 valence electrons. The lowest BCUT2D eigenvalue weighted by Gasteiger charge is -1.68. The fourth-order valence-electron chi connectivity index (χ4n) is 0.450. The van der Waals surface area contributed by atoms with E-state index < -0.39 is 0 Å². The summed E-state index contributed by atoms with van der Waals surface area (Å²) in [6, 6.07) is 1.79. The minimum absolute atomic E-state index is 0.703. The van der Waals surface area contributed by atoms with E-state index in [1.54, 1.807) is 12.3 Å². The van der Waals surface area contributed by atoms with Crippen molar-refractivity contribution in [3.05, 3.63) is 21.5 Å². The summed E-state index contributed by atoms with van der Waals surface area (Å²) in [6.45, 7) is 0. The molecule has 0 spiro atoms. The van der Waals surface area contributed by atoms with Crippen LogP contribution in [0.4, 0.5) is 0 Å². The minimum Gasteiger partial charge on any atom is -0.356 e. The van der Waals surface area contributed by atoms with Crippen LogP contribution in [0.1, 0.15) is 10.4 Å². The van der Waals surface area contributed by atoms with Crippen molar-refractivity contribution in [2.75, 3.05) is 0 Å². The monoisotopic (exact) mass is 221 g/mol. The van der Waals surface area contributed by atoms with Gasteiger partial charge < -0.3 is 4.98 Å². The molecule has 0 aliphatic carbocycles. The topological polar surface area (TPSA) is 32.9 Å². The molecule has 0 bridgehead atoms. The normalized spacial score (nSPS) is 9.12. The maximum absolute atomic E-state index is 10.00. The van der Waals surface area contributed by atoms with Crippen molar-refractivity contribution >= 4 is 28.9 Å². The predicted octanol–water partition coefficient (Wildman–Crippen LogP) is 1.43. The number of H-pyrrole nitrogens is 1. The van der Waals surface area contributed by atoms with Crippen LogP contribution in [0, 0.1) is 3.70 Å². The summed E-state index contributed by atoms with van der Waals surface area (Å²) >= 11 is 2.11. The molecule has 0 saturated heterocycles. The third kappa shape index (κ3) is 1.09. The van der Waals surface area contributed by atoms with Crippen LogP contribution >= 0.6 is 22.6 Å². The molecule has 0 amide bonds. The lowest BCUT2D eigenvalue weighted by molar-refractivity contribution is 0.112. The highest BCUT2D eigenvalue weighted by Gasteiger charge is 1.90. The van der Waals surface area contributed by atoms with Crippen LogP contribution < -0.4 is 0 Å². The molecule has 0 aliphatic heterocycles. The molecule has 1 N–H and O–H groups in total. The summed E-state index contributed by atoms with van der Waals surface area (Å²) in [5.41, 5.74) is 0.703. The van der Waals surface area contributed by atoms with Crippen LogP contribution in [0.2, 0.25) is 0 Å². The lowest BCUT2D eigenvalue weighted by atomic mass is 10.4. The molecular weight excluding hydrogens is 217 g/mol. The number of rotatable bonds is 1. The number of hydrogen-bond donors (Lipinski definition) is 1. The highest BCUT2D eigenvalue weighted by Crippen LogP contribution is 2.02. The van der Waals surface area contributed by atoms with E-state index in [-0.39, 0.29) is 0 Å². The van der Waals surface area contributed by atoms with Gasteiger partial charge in [-0.15, -0.1) is 0 Å². The Labute approximate surface area is 60.4 Å². The summed E-state index contributed by atoms with van der Waals surface area (Å²) in [5, 5.41) is 0. The molecule has 0 aliphatic rings. The number of carbonyl (C=O) groups excluding carboxylic acids is 1. The van der Waals surface area contributed by atoms with Gasteiger partial charge in [0.2, 0.25) is 0 Å². The zero-order valence-corrected chi connectivity index (χ0v) is 6.18. The Hall–Kier alpha value is -0.320. The Kier molecular flexibility index (Phi) is 1.67. The van der Waals surface area contributed by atoms with Crippen molar-refractivity contribution < 1.29 is 4.79 Å². The Morgan fingerprint density at radius 1 is 1.75 bits per heavy atom. The third-order valence-corrected chi connectivity index (χ3v) is 1.43. The first-order valence-corrected chi connectivity index (χ1v) is 3.20. The standard InChI is InChI=1S/C5H4INO/c6-5-1-4(3-8)2-7-5/h1-3,7H. The molecule has 2 nitrogen and oxygen atoms in total. The quantitative estimate of drug-likeness (QED) is 0.564. The predicted molar refractivity (Wildman–Crippen MR) is 38.9 cm³/mol. The Bertz CT molecular complexity index is 194. The van der Waals surface area contributed by atoms with E-state index in [9.17, 15) is 4.79 Å². The molecule has 0 fully saturated rings. The Morgan fingerprint density at radius 3 is 2.75 bits per heavy atom. The van der Waals surface area contributed by atoms with E-state index in [1.807, 2.05) is 0 Å². The molecule has 1 aromatic rings. The van der Waals surface area contributed by atoms with Gasteiger partial charge in [-0.25, -0.2) is 0 Å². The molecule has 3 heteroatoms. The number of aromatic amines is 1. The smallest absolute Gasteiger partial charge is 0.151 e. The number of carbonyl (C=O) groups is 1. The van der Waals surface area contributed by atoms with E-state index in [4.69, 9.17) is 0 Å². The van der Waals surface area contributed by atoms with Crippen LogP contribution in [-0.2, 0) is 0 Å². The lowest BCUT2D eigenvalue weighted by Crippen LogP contribution is -1.66. The van der Waals surface area contributed by atoms with E-state index in [1.165, 1.54) is 0 Å². The summed E-state index contributed by atoms with van der Waals surface area (Å²) < 4.78 is 0.990. The number of aromatic nitrogens is 1. The van der Waals surface area contributed by atoms with Crippen molar-refractivity contribution in [3.8, 4) is 0 Å². The van der Waals surface area contributed by atoms with Gasteiger partial charge in [-0.2, -0.15) is 0 Å². The van der Waals surface area contributed by atoms with E-state index in [2.05, 4.69) is 27.6 Å². The van der Waals surface area contributed by atoms with Crippen molar-refractivity contribution in [1.82, 2.24) is 4.98 Å². The van der Waals surface area contributed by atoms with Gasteiger partial charge in [0.15, 0.2) is 6.29 Å². The number of aldehydes is 1. The van der Waals surface area contributed by atoms with Crippen LogP contribution in [0.5, 0.6) is 0 Å².